The highest BCUT2D eigenvalue weighted by Crippen LogP contribution is 2.31. The molecule has 14 heteroatoms. The molecule has 0 fully saturated rings. The van der Waals surface area contributed by atoms with Crippen LogP contribution >= 0.6 is 11.6 Å². The number of halogens is 1. The number of rotatable bonds is 12. The number of hydrogen-bond donors (Lipinski definition) is 2. The average Bonchev–Trinajstić information content (AvgIpc) is 3.00. The van der Waals surface area contributed by atoms with Gasteiger partial charge in [-0.05, 0) is 78.9 Å². The van der Waals surface area contributed by atoms with Crippen LogP contribution in [0.2, 0.25) is 5.02 Å². The van der Waals surface area contributed by atoms with Crippen LogP contribution in [0.3, 0.4) is 0 Å². The van der Waals surface area contributed by atoms with Gasteiger partial charge in [0.1, 0.15) is 23.8 Å². The van der Waals surface area contributed by atoms with Crippen molar-refractivity contribution in [2.45, 2.75) is 9.79 Å². The van der Waals surface area contributed by atoms with Gasteiger partial charge in [0.2, 0.25) is 5.91 Å². The summed E-state index contributed by atoms with van der Waals surface area (Å²) in [5.74, 6) is 0.551. The third kappa shape index (κ3) is 7.49. The highest BCUT2D eigenvalue weighted by molar-refractivity contribution is 7.93. The SMILES string of the molecule is COc1ccc(S(=O)(=O)N(CC(=O)Nc2ccc(S(=O)(=O)Nc3ccc(OC)cc3OC)cc2)c2cccc(Cl)c2)cc1. The maximum absolute atomic E-state index is 13.6. The lowest BCUT2D eigenvalue weighted by molar-refractivity contribution is -0.114. The summed E-state index contributed by atoms with van der Waals surface area (Å²) in [5, 5.41) is 2.89. The Morgan fingerprint density at radius 2 is 1.40 bits per heavy atom. The summed E-state index contributed by atoms with van der Waals surface area (Å²) in [6.07, 6.45) is 0. The van der Waals surface area contributed by atoms with Crippen molar-refractivity contribution < 1.29 is 35.8 Å². The van der Waals surface area contributed by atoms with E-state index in [2.05, 4.69) is 10.0 Å². The molecule has 4 aromatic rings. The van der Waals surface area contributed by atoms with E-state index in [4.69, 9.17) is 25.8 Å². The zero-order valence-electron chi connectivity index (χ0n) is 23.3. The lowest BCUT2D eigenvalue weighted by Crippen LogP contribution is -2.38. The van der Waals surface area contributed by atoms with Crippen molar-refractivity contribution in [1.82, 2.24) is 0 Å². The molecular formula is C29H28ClN3O8S2. The van der Waals surface area contributed by atoms with Crippen LogP contribution in [0, 0.1) is 0 Å². The molecule has 0 atom stereocenters. The van der Waals surface area contributed by atoms with E-state index < -0.39 is 32.5 Å². The van der Waals surface area contributed by atoms with E-state index in [0.29, 0.717) is 11.5 Å². The molecule has 0 bridgehead atoms. The van der Waals surface area contributed by atoms with Gasteiger partial charge in [-0.2, -0.15) is 0 Å². The fraction of sp³-hybridized carbons (Fsp3) is 0.138. The molecule has 4 aromatic carbocycles. The molecule has 226 valence electrons. The van der Waals surface area contributed by atoms with E-state index in [1.165, 1.54) is 94.1 Å². The first kappa shape index (κ1) is 31.5. The summed E-state index contributed by atoms with van der Waals surface area (Å²) in [7, 11) is -3.87. The molecular weight excluding hydrogens is 618 g/mol. The molecule has 43 heavy (non-hydrogen) atoms. The van der Waals surface area contributed by atoms with Crippen molar-refractivity contribution in [1.29, 1.82) is 0 Å². The third-order valence-electron chi connectivity index (χ3n) is 6.13. The molecule has 0 aromatic heterocycles. The molecule has 0 spiro atoms. The number of anilines is 3. The van der Waals surface area contributed by atoms with Gasteiger partial charge in [0.05, 0.1) is 42.5 Å². The van der Waals surface area contributed by atoms with Crippen LogP contribution in [-0.2, 0) is 24.8 Å². The van der Waals surface area contributed by atoms with Gasteiger partial charge >= 0.3 is 0 Å². The van der Waals surface area contributed by atoms with Crippen LogP contribution in [0.25, 0.3) is 0 Å². The Bertz CT molecular complexity index is 1820. The normalized spacial score (nSPS) is 11.3. The zero-order chi connectivity index (χ0) is 31.2. The smallest absolute Gasteiger partial charge is 0.264 e. The average molecular weight is 646 g/mol. The first-order valence-corrected chi connectivity index (χ1v) is 15.8. The minimum Gasteiger partial charge on any atom is -0.497 e. The van der Waals surface area contributed by atoms with Gasteiger partial charge in [-0.1, -0.05) is 17.7 Å². The van der Waals surface area contributed by atoms with Crippen LogP contribution in [0.1, 0.15) is 0 Å². The summed E-state index contributed by atoms with van der Waals surface area (Å²) in [6.45, 7) is -0.590. The van der Waals surface area contributed by atoms with E-state index in [-0.39, 0.29) is 37.6 Å². The first-order chi connectivity index (χ1) is 20.5. The second kappa shape index (κ2) is 13.2. The number of methoxy groups -OCH3 is 3. The molecule has 11 nitrogen and oxygen atoms in total. The predicted molar refractivity (Wildman–Crippen MR) is 164 cm³/mol. The number of hydrogen-bond acceptors (Lipinski definition) is 8. The number of nitrogens with one attached hydrogen (secondary N) is 2. The molecule has 0 aliphatic heterocycles. The van der Waals surface area contributed by atoms with E-state index in [1.54, 1.807) is 18.2 Å². The van der Waals surface area contributed by atoms with Crippen molar-refractivity contribution in [3.8, 4) is 17.2 Å². The number of benzene rings is 4. The van der Waals surface area contributed by atoms with Gasteiger partial charge in [0, 0.05) is 16.8 Å². The summed E-state index contributed by atoms with van der Waals surface area (Å²) < 4.78 is 72.1. The summed E-state index contributed by atoms with van der Waals surface area (Å²) in [4.78, 5) is 12.9. The van der Waals surface area contributed by atoms with Crippen molar-refractivity contribution in [3.63, 3.8) is 0 Å². The monoisotopic (exact) mass is 645 g/mol. The lowest BCUT2D eigenvalue weighted by Gasteiger charge is -2.24. The Kier molecular flexibility index (Phi) is 9.69. The highest BCUT2D eigenvalue weighted by Gasteiger charge is 2.28. The van der Waals surface area contributed by atoms with E-state index in [0.717, 1.165) is 4.31 Å². The third-order valence-corrected chi connectivity index (χ3v) is 9.54. The molecule has 0 radical (unpaired) electrons. The van der Waals surface area contributed by atoms with Crippen LogP contribution in [0.4, 0.5) is 17.1 Å². The number of nitrogens with zero attached hydrogens (tertiary/aromatic N) is 1. The highest BCUT2D eigenvalue weighted by atomic mass is 35.5. The van der Waals surface area contributed by atoms with E-state index >= 15 is 0 Å². The van der Waals surface area contributed by atoms with E-state index in [9.17, 15) is 21.6 Å². The van der Waals surface area contributed by atoms with Gasteiger partial charge in [0.15, 0.2) is 0 Å². The van der Waals surface area contributed by atoms with Gasteiger partial charge in [-0.15, -0.1) is 0 Å². The Labute approximate surface area is 255 Å². The minimum atomic E-state index is -4.20. The standard InChI is InChI=1S/C29H28ClN3O8S2/c1-39-23-9-14-26(15-10-23)43(37,38)33(22-6-4-5-20(30)17-22)19-29(34)31-21-7-12-25(13-8-21)42(35,36)32-27-16-11-24(40-2)18-28(27)41-3/h4-18,32H,19H2,1-3H3,(H,31,34). The topological polar surface area (TPSA) is 140 Å². The van der Waals surface area contributed by atoms with Gasteiger partial charge < -0.3 is 19.5 Å². The molecule has 0 heterocycles. The molecule has 0 saturated heterocycles. The molecule has 0 aliphatic rings. The maximum atomic E-state index is 13.6. The molecule has 1 amide bonds. The van der Waals surface area contributed by atoms with Crippen LogP contribution < -0.4 is 28.6 Å². The van der Waals surface area contributed by atoms with Crippen LogP contribution in [0.15, 0.2) is 101 Å². The second-order valence-electron chi connectivity index (χ2n) is 8.91. The van der Waals surface area contributed by atoms with Crippen LogP contribution in [0.5, 0.6) is 17.2 Å². The molecule has 2 N–H and O–H groups in total. The second-order valence-corrected chi connectivity index (χ2v) is 12.9. The molecule has 0 aliphatic carbocycles. The number of ether oxygens (including phenoxy) is 3. The Balaban J connectivity index is 1.53. The fourth-order valence-electron chi connectivity index (χ4n) is 3.96. The fourth-order valence-corrected chi connectivity index (χ4v) is 6.62. The van der Waals surface area contributed by atoms with Crippen molar-refractivity contribution in [2.24, 2.45) is 0 Å². The Morgan fingerprint density at radius 3 is 2.00 bits per heavy atom. The van der Waals surface area contributed by atoms with Crippen LogP contribution in [-0.4, -0.2) is 50.6 Å². The van der Waals surface area contributed by atoms with Crippen molar-refractivity contribution in [2.75, 3.05) is 42.2 Å². The van der Waals surface area contributed by atoms with Gasteiger partial charge in [-0.3, -0.25) is 13.8 Å². The summed E-state index contributed by atoms with van der Waals surface area (Å²) in [6, 6.07) is 21.9. The maximum Gasteiger partial charge on any atom is 0.264 e. The van der Waals surface area contributed by atoms with Gasteiger partial charge in [-0.25, -0.2) is 16.8 Å². The first-order valence-electron chi connectivity index (χ1n) is 12.5. The largest absolute Gasteiger partial charge is 0.497 e. The van der Waals surface area contributed by atoms with Crippen molar-refractivity contribution >= 4 is 54.6 Å². The predicted octanol–water partition coefficient (Wildman–Crippen LogP) is 5.00. The minimum absolute atomic E-state index is 0.0587. The summed E-state index contributed by atoms with van der Waals surface area (Å²) in [5.41, 5.74) is 0.638. The Morgan fingerprint density at radius 1 is 0.767 bits per heavy atom. The molecule has 0 unspecified atom stereocenters. The number of carbonyl (C=O) groups excluding carboxylic acids is 1. The number of carbonyl (C=O) groups is 1. The lowest BCUT2D eigenvalue weighted by atomic mass is 10.3. The molecule has 4 rings (SSSR count). The zero-order valence-corrected chi connectivity index (χ0v) is 25.7. The van der Waals surface area contributed by atoms with E-state index in [1.807, 2.05) is 0 Å². The number of amides is 1. The quantitative estimate of drug-likeness (QED) is 0.219. The molecule has 0 saturated carbocycles. The van der Waals surface area contributed by atoms with Crippen molar-refractivity contribution in [3.05, 3.63) is 96.0 Å². The Hall–Kier alpha value is -4.46. The van der Waals surface area contributed by atoms with Gasteiger partial charge in [0.25, 0.3) is 20.0 Å². The summed E-state index contributed by atoms with van der Waals surface area (Å²) >= 11 is 6.12. The number of sulfonamides is 2.